The molecule has 1 unspecified atom stereocenters. The third kappa shape index (κ3) is 3.43. The predicted octanol–water partition coefficient (Wildman–Crippen LogP) is 2.91. The lowest BCUT2D eigenvalue weighted by molar-refractivity contribution is 0.0128. The van der Waals surface area contributed by atoms with E-state index in [1.54, 1.807) is 7.05 Å². The van der Waals surface area contributed by atoms with E-state index in [1.165, 1.54) is 0 Å². The summed E-state index contributed by atoms with van der Waals surface area (Å²) in [4.78, 5) is 12.4. The minimum atomic E-state index is -2.56. The minimum absolute atomic E-state index is 0.101. The molecule has 0 radical (unpaired) electrons. The Kier molecular flexibility index (Phi) is 5.11. The highest BCUT2D eigenvalue weighted by atomic mass is 32.2. The molecular weight excluding hydrogens is 300 g/mol. The van der Waals surface area contributed by atoms with Crippen molar-refractivity contribution in [2.45, 2.75) is 37.8 Å². The maximum Gasteiger partial charge on any atom is 0.407 e. The van der Waals surface area contributed by atoms with E-state index in [-0.39, 0.29) is 18.1 Å². The minimum Gasteiger partial charge on any atom is -0.446 e. The molecule has 2 rings (SSSR count). The summed E-state index contributed by atoms with van der Waals surface area (Å²) in [5, 5.41) is 2.84. The lowest BCUT2D eigenvalue weighted by Gasteiger charge is -2.39. The quantitative estimate of drug-likeness (QED) is 0.926. The Morgan fingerprint density at radius 2 is 1.95 bits per heavy atom. The monoisotopic (exact) mass is 324 g/mol. The fourth-order valence-corrected chi connectivity index (χ4v) is 5.10. The number of ether oxygens (including phenoxy) is 1. The molecule has 0 aromatic heterocycles. The van der Waals surface area contributed by atoms with E-state index >= 15 is 0 Å². The van der Waals surface area contributed by atoms with Crippen LogP contribution in [0.3, 0.4) is 0 Å². The molecule has 5 nitrogen and oxygen atoms in total. The van der Waals surface area contributed by atoms with Crippen LogP contribution >= 0.6 is 0 Å². The Morgan fingerprint density at radius 1 is 1.32 bits per heavy atom. The van der Waals surface area contributed by atoms with Crippen molar-refractivity contribution in [2.75, 3.05) is 12.8 Å². The molecule has 0 saturated carbocycles. The highest BCUT2D eigenvalue weighted by Crippen LogP contribution is 2.28. The summed E-state index contributed by atoms with van der Waals surface area (Å²) in [5.74, 6) is 0.705. The van der Waals surface area contributed by atoms with Crippen molar-refractivity contribution in [3.05, 3.63) is 30.3 Å². The van der Waals surface area contributed by atoms with E-state index in [2.05, 4.69) is 23.5 Å². The van der Waals surface area contributed by atoms with Crippen molar-refractivity contribution < 1.29 is 13.7 Å². The van der Waals surface area contributed by atoms with Gasteiger partial charge in [-0.1, -0.05) is 32.0 Å². The first-order valence-electron chi connectivity index (χ1n) is 7.52. The van der Waals surface area contributed by atoms with E-state index in [4.69, 9.17) is 4.74 Å². The number of cyclic esters (lactones) is 1. The van der Waals surface area contributed by atoms with Crippen molar-refractivity contribution in [1.82, 2.24) is 5.32 Å². The fraction of sp³-hybridized carbons (Fsp3) is 0.562. The second-order valence-corrected chi connectivity index (χ2v) is 8.44. The molecule has 122 valence electrons. The number of nitrogens with zero attached hydrogens (tertiary/aromatic N) is 1. The van der Waals surface area contributed by atoms with Gasteiger partial charge in [0.2, 0.25) is 0 Å². The van der Waals surface area contributed by atoms with Gasteiger partial charge in [0.15, 0.2) is 0 Å². The molecule has 1 fully saturated rings. The summed E-state index contributed by atoms with van der Waals surface area (Å²) >= 11 is 0. The average Bonchev–Trinajstić information content (AvgIpc) is 2.46. The number of hydrogen-bond donors (Lipinski definition) is 1. The van der Waals surface area contributed by atoms with Gasteiger partial charge >= 0.3 is 6.09 Å². The van der Waals surface area contributed by atoms with Gasteiger partial charge in [0.05, 0.1) is 21.5 Å². The van der Waals surface area contributed by atoms with Crippen molar-refractivity contribution in [3.8, 4) is 0 Å². The molecule has 1 aromatic rings. The van der Waals surface area contributed by atoms with E-state index in [0.29, 0.717) is 16.6 Å². The molecule has 0 aliphatic carbocycles. The topological polar surface area (TPSA) is 67.8 Å². The van der Waals surface area contributed by atoms with Gasteiger partial charge in [0.1, 0.15) is 6.10 Å². The van der Waals surface area contributed by atoms with Crippen LogP contribution < -0.4 is 5.32 Å². The zero-order valence-corrected chi connectivity index (χ0v) is 14.3. The van der Waals surface area contributed by atoms with Gasteiger partial charge in [0, 0.05) is 17.9 Å². The van der Waals surface area contributed by atoms with Gasteiger partial charge in [-0.3, -0.25) is 0 Å². The Bertz CT molecular complexity index is 636. The zero-order chi connectivity index (χ0) is 16.3. The van der Waals surface area contributed by atoms with Crippen LogP contribution in [0.5, 0.6) is 0 Å². The maximum atomic E-state index is 13.2. The van der Waals surface area contributed by atoms with E-state index in [9.17, 15) is 9.00 Å². The largest absolute Gasteiger partial charge is 0.446 e. The lowest BCUT2D eigenvalue weighted by Crippen LogP contribution is -2.56. The Balaban J connectivity index is 2.33. The van der Waals surface area contributed by atoms with Crippen LogP contribution in [-0.2, 0) is 14.5 Å². The van der Waals surface area contributed by atoms with Gasteiger partial charge < -0.3 is 10.1 Å². The smallest absolute Gasteiger partial charge is 0.407 e. The molecule has 1 aliphatic heterocycles. The summed E-state index contributed by atoms with van der Waals surface area (Å²) in [6, 6.07) is 9.02. The van der Waals surface area contributed by atoms with E-state index < -0.39 is 15.8 Å². The molecule has 4 atom stereocenters. The van der Waals surface area contributed by atoms with E-state index in [0.717, 1.165) is 0 Å². The molecule has 1 amide bonds. The van der Waals surface area contributed by atoms with Crippen molar-refractivity contribution in [2.24, 2.45) is 16.2 Å². The number of benzene rings is 1. The Labute approximate surface area is 132 Å². The summed E-state index contributed by atoms with van der Waals surface area (Å²) in [7, 11) is -0.990. The number of amides is 1. The van der Waals surface area contributed by atoms with Gasteiger partial charge in [-0.25, -0.2) is 13.4 Å². The number of carbonyl (C=O) groups excluding carboxylic acids is 1. The molecule has 6 heteroatoms. The summed E-state index contributed by atoms with van der Waals surface area (Å²) in [6.07, 6.45) is -0.643. The average molecular weight is 324 g/mol. The van der Waals surface area contributed by atoms with Crippen LogP contribution in [0.4, 0.5) is 4.79 Å². The number of nitrogens with one attached hydrogen (secondary N) is 1. The van der Waals surface area contributed by atoms with Gasteiger partial charge in [0.25, 0.3) is 0 Å². The van der Waals surface area contributed by atoms with Gasteiger partial charge in [-0.15, -0.1) is 0 Å². The zero-order valence-electron chi connectivity index (χ0n) is 13.5. The molecule has 22 heavy (non-hydrogen) atoms. The summed E-state index contributed by atoms with van der Waals surface area (Å²) < 4.78 is 22.7. The number of rotatable bonds is 4. The molecule has 1 aromatic carbocycles. The number of alkyl carbamates (subject to hydrolysis) is 1. The maximum absolute atomic E-state index is 13.2. The standard InChI is InChI=1S/C16H24N2O3S/c1-11(2)15-12(3)21-16(19)18-14(15)10-22(20,17-4)13-8-6-5-7-9-13/h5-9,11-12,14-15H,10H2,1-4H3,(H,18,19)/t12-,14+,15-,22?/m0/s1. The molecule has 1 saturated heterocycles. The van der Waals surface area contributed by atoms with Crippen LogP contribution in [0.25, 0.3) is 0 Å². The normalized spacial score (nSPS) is 27.7. The van der Waals surface area contributed by atoms with Gasteiger partial charge in [-0.05, 0) is 25.0 Å². The molecule has 1 heterocycles. The predicted molar refractivity (Wildman–Crippen MR) is 87.3 cm³/mol. The number of carbonyl (C=O) groups is 1. The van der Waals surface area contributed by atoms with Crippen LogP contribution in [0.15, 0.2) is 39.6 Å². The Hall–Kier alpha value is -1.56. The molecule has 0 bridgehead atoms. The third-order valence-electron chi connectivity index (χ3n) is 4.18. The van der Waals surface area contributed by atoms with E-state index in [1.807, 2.05) is 37.3 Å². The van der Waals surface area contributed by atoms with Crippen molar-refractivity contribution in [3.63, 3.8) is 0 Å². The molecule has 0 spiro atoms. The highest BCUT2D eigenvalue weighted by Gasteiger charge is 2.39. The first kappa shape index (κ1) is 16.8. The first-order valence-corrected chi connectivity index (χ1v) is 9.21. The molecule has 1 aliphatic rings. The van der Waals surface area contributed by atoms with Crippen molar-refractivity contribution >= 4 is 15.8 Å². The molecule has 1 N–H and O–H groups in total. The number of hydrogen-bond acceptors (Lipinski definition) is 4. The highest BCUT2D eigenvalue weighted by molar-refractivity contribution is 7.93. The van der Waals surface area contributed by atoms with Gasteiger partial charge in [-0.2, -0.15) is 0 Å². The summed E-state index contributed by atoms with van der Waals surface area (Å²) in [6.45, 7) is 6.06. The van der Waals surface area contributed by atoms with Crippen LogP contribution in [0.1, 0.15) is 20.8 Å². The molecular formula is C16H24N2O3S. The SMILES string of the molecule is CN=S(=O)(C[C@H]1NC(=O)O[C@@H](C)[C@@H]1C(C)C)c1ccccc1. The second kappa shape index (κ2) is 6.69. The fourth-order valence-electron chi connectivity index (χ4n) is 3.17. The third-order valence-corrected chi connectivity index (χ3v) is 6.59. The van der Waals surface area contributed by atoms with Crippen LogP contribution in [0.2, 0.25) is 0 Å². The Morgan fingerprint density at radius 3 is 2.50 bits per heavy atom. The van der Waals surface area contributed by atoms with Crippen molar-refractivity contribution in [1.29, 1.82) is 0 Å². The lowest BCUT2D eigenvalue weighted by atomic mass is 9.84. The van der Waals surface area contributed by atoms with Crippen LogP contribution in [-0.4, -0.2) is 35.2 Å². The second-order valence-electron chi connectivity index (χ2n) is 5.99. The van der Waals surface area contributed by atoms with Crippen LogP contribution in [0, 0.1) is 11.8 Å². The first-order chi connectivity index (χ1) is 10.4. The summed E-state index contributed by atoms with van der Waals surface area (Å²) in [5.41, 5.74) is 0.